The third-order valence-corrected chi connectivity index (χ3v) is 4.01. The lowest BCUT2D eigenvalue weighted by Crippen LogP contribution is -2.25. The average Bonchev–Trinajstić information content (AvgIpc) is 2.88. The maximum Gasteiger partial charge on any atom is 0.404 e. The van der Waals surface area contributed by atoms with E-state index in [1.54, 1.807) is 24.4 Å². The van der Waals surface area contributed by atoms with Crippen LogP contribution in [-0.2, 0) is 13.0 Å². The molecule has 2 aromatic rings. The van der Waals surface area contributed by atoms with E-state index in [4.69, 9.17) is 9.84 Å². The molecule has 25 heavy (non-hydrogen) atoms. The number of fused-ring (bicyclic) bond motifs is 1. The Labute approximate surface area is 145 Å². The van der Waals surface area contributed by atoms with Crippen LogP contribution in [0.1, 0.15) is 30.5 Å². The minimum Gasteiger partial charge on any atom is -0.507 e. The summed E-state index contributed by atoms with van der Waals surface area (Å²) in [5.74, 6) is 0.854. The van der Waals surface area contributed by atoms with Crippen molar-refractivity contribution in [2.24, 2.45) is 4.99 Å². The fraction of sp³-hybridized carbons (Fsp3) is 0.263. The zero-order valence-electron chi connectivity index (χ0n) is 14.1. The van der Waals surface area contributed by atoms with Gasteiger partial charge < -0.3 is 20.3 Å². The number of ether oxygens (including phenoxy) is 1. The van der Waals surface area contributed by atoms with E-state index in [1.165, 1.54) is 0 Å². The van der Waals surface area contributed by atoms with Crippen LogP contribution in [0.5, 0.6) is 11.5 Å². The number of rotatable bonds is 4. The van der Waals surface area contributed by atoms with Gasteiger partial charge in [0.2, 0.25) is 0 Å². The summed E-state index contributed by atoms with van der Waals surface area (Å²) in [6, 6.07) is 10.6. The molecular weight excluding hydrogens is 320 g/mol. The number of phenols is 1. The van der Waals surface area contributed by atoms with Crippen molar-refractivity contribution in [3.63, 3.8) is 0 Å². The van der Waals surface area contributed by atoms with E-state index in [0.29, 0.717) is 17.7 Å². The number of phenolic OH excluding ortho intramolecular Hbond substituents is 1. The van der Waals surface area contributed by atoms with Gasteiger partial charge in [-0.2, -0.15) is 0 Å². The minimum absolute atomic E-state index is 0.168. The third-order valence-electron chi connectivity index (χ3n) is 4.01. The van der Waals surface area contributed by atoms with Crippen LogP contribution in [0.15, 0.2) is 41.4 Å². The van der Waals surface area contributed by atoms with Gasteiger partial charge in [0.05, 0.1) is 5.69 Å². The monoisotopic (exact) mass is 340 g/mol. The fourth-order valence-corrected chi connectivity index (χ4v) is 2.87. The first-order valence-electron chi connectivity index (χ1n) is 7.98. The SMILES string of the molecule is CC1(C)Cc2c(N=Cc3ccccc3O)ccc(CNC(=O)O)c2O1. The normalized spacial score (nSPS) is 15.0. The molecule has 130 valence electrons. The number of carbonyl (C=O) groups is 1. The molecule has 6 heteroatoms. The van der Waals surface area contributed by atoms with Gasteiger partial charge >= 0.3 is 6.09 Å². The predicted octanol–water partition coefficient (Wildman–Crippen LogP) is 3.62. The maximum atomic E-state index is 10.8. The second kappa shape index (κ2) is 6.47. The molecule has 0 fully saturated rings. The number of para-hydroxylation sites is 1. The highest BCUT2D eigenvalue weighted by Gasteiger charge is 2.33. The van der Waals surface area contributed by atoms with E-state index >= 15 is 0 Å². The molecular formula is C19H20N2O4. The van der Waals surface area contributed by atoms with Gasteiger partial charge in [-0.3, -0.25) is 4.99 Å². The predicted molar refractivity (Wildman–Crippen MR) is 95.1 cm³/mol. The Balaban J connectivity index is 1.95. The highest BCUT2D eigenvalue weighted by atomic mass is 16.5. The number of amides is 1. The second-order valence-corrected chi connectivity index (χ2v) is 6.57. The number of hydrogen-bond acceptors (Lipinski definition) is 4. The summed E-state index contributed by atoms with van der Waals surface area (Å²) in [6.07, 6.45) is 1.22. The Morgan fingerprint density at radius 3 is 2.80 bits per heavy atom. The van der Waals surface area contributed by atoms with Crippen molar-refractivity contribution >= 4 is 18.0 Å². The number of hydrogen-bond donors (Lipinski definition) is 3. The number of nitrogens with zero attached hydrogens (tertiary/aromatic N) is 1. The van der Waals surface area contributed by atoms with Crippen molar-refractivity contribution in [3.05, 3.63) is 53.1 Å². The second-order valence-electron chi connectivity index (χ2n) is 6.57. The number of benzene rings is 2. The first-order chi connectivity index (χ1) is 11.9. The Bertz CT molecular complexity index is 843. The Morgan fingerprint density at radius 1 is 1.32 bits per heavy atom. The van der Waals surface area contributed by atoms with Gasteiger partial charge in [0.15, 0.2) is 0 Å². The van der Waals surface area contributed by atoms with Gasteiger partial charge in [0.1, 0.15) is 17.1 Å². The van der Waals surface area contributed by atoms with Crippen LogP contribution in [0.25, 0.3) is 0 Å². The van der Waals surface area contributed by atoms with Crippen molar-refractivity contribution in [3.8, 4) is 11.5 Å². The van der Waals surface area contributed by atoms with E-state index in [9.17, 15) is 9.90 Å². The molecule has 0 radical (unpaired) electrons. The van der Waals surface area contributed by atoms with Crippen molar-refractivity contribution in [1.82, 2.24) is 5.32 Å². The molecule has 1 amide bonds. The summed E-state index contributed by atoms with van der Waals surface area (Å²) in [7, 11) is 0. The lowest BCUT2D eigenvalue weighted by atomic mass is 9.98. The van der Waals surface area contributed by atoms with Gasteiger partial charge in [-0.1, -0.05) is 18.2 Å². The highest BCUT2D eigenvalue weighted by Crippen LogP contribution is 2.43. The van der Waals surface area contributed by atoms with Gasteiger partial charge in [-0.05, 0) is 32.0 Å². The van der Waals surface area contributed by atoms with E-state index in [0.717, 1.165) is 16.8 Å². The first kappa shape index (κ1) is 16.8. The molecule has 0 aliphatic carbocycles. The molecule has 1 aliphatic rings. The zero-order chi connectivity index (χ0) is 18.0. The molecule has 0 bridgehead atoms. The molecule has 1 aliphatic heterocycles. The number of aliphatic imine (C=N–C) groups is 1. The van der Waals surface area contributed by atoms with Gasteiger partial charge in [0, 0.05) is 35.9 Å². The van der Waals surface area contributed by atoms with Crippen LogP contribution in [0, 0.1) is 0 Å². The quantitative estimate of drug-likeness (QED) is 0.741. The molecule has 0 saturated heterocycles. The molecule has 0 spiro atoms. The van der Waals surface area contributed by atoms with Crippen LogP contribution in [0.2, 0.25) is 0 Å². The topological polar surface area (TPSA) is 91.2 Å². The van der Waals surface area contributed by atoms with E-state index in [1.807, 2.05) is 32.0 Å². The highest BCUT2D eigenvalue weighted by molar-refractivity contribution is 5.86. The molecule has 0 aromatic heterocycles. The van der Waals surface area contributed by atoms with Crippen molar-refractivity contribution in [1.29, 1.82) is 0 Å². The average molecular weight is 340 g/mol. The molecule has 1 heterocycles. The zero-order valence-corrected chi connectivity index (χ0v) is 14.1. The summed E-state index contributed by atoms with van der Waals surface area (Å²) in [5, 5.41) is 21.0. The van der Waals surface area contributed by atoms with E-state index < -0.39 is 6.09 Å². The lowest BCUT2D eigenvalue weighted by Gasteiger charge is -2.18. The summed E-state index contributed by atoms with van der Waals surface area (Å²) >= 11 is 0. The van der Waals surface area contributed by atoms with Crippen LogP contribution in [0.4, 0.5) is 10.5 Å². The van der Waals surface area contributed by atoms with Gasteiger partial charge in [0.25, 0.3) is 0 Å². The Kier molecular flexibility index (Phi) is 4.35. The lowest BCUT2D eigenvalue weighted by molar-refractivity contribution is 0.137. The van der Waals surface area contributed by atoms with Crippen LogP contribution in [0.3, 0.4) is 0 Å². The Morgan fingerprint density at radius 2 is 2.08 bits per heavy atom. The summed E-state index contributed by atoms with van der Waals surface area (Å²) in [5.41, 5.74) is 2.74. The molecule has 0 unspecified atom stereocenters. The molecule has 0 atom stereocenters. The maximum absolute atomic E-state index is 10.8. The Hall–Kier alpha value is -3.02. The molecule has 0 saturated carbocycles. The fourth-order valence-electron chi connectivity index (χ4n) is 2.87. The minimum atomic E-state index is -1.08. The third kappa shape index (κ3) is 3.74. The molecule has 3 rings (SSSR count). The summed E-state index contributed by atoms with van der Waals surface area (Å²) in [6.45, 7) is 4.15. The van der Waals surface area contributed by atoms with E-state index in [2.05, 4.69) is 10.3 Å². The largest absolute Gasteiger partial charge is 0.507 e. The van der Waals surface area contributed by atoms with Gasteiger partial charge in [-0.25, -0.2) is 4.79 Å². The molecule has 6 nitrogen and oxygen atoms in total. The van der Waals surface area contributed by atoms with Crippen molar-refractivity contribution in [2.75, 3.05) is 0 Å². The molecule has 3 N–H and O–H groups in total. The number of carboxylic acid groups (broad SMARTS) is 1. The number of nitrogens with one attached hydrogen (secondary N) is 1. The first-order valence-corrected chi connectivity index (χ1v) is 7.98. The van der Waals surface area contributed by atoms with Crippen molar-refractivity contribution < 1.29 is 19.7 Å². The standard InChI is InChI=1S/C19H20N2O4/c1-19(2)9-14-15(20-10-12-5-3-4-6-16(12)22)8-7-13(17(14)25-19)11-21-18(23)24/h3-8,10,21-22H,9,11H2,1-2H3,(H,23,24). The van der Waals surface area contributed by atoms with Crippen LogP contribution >= 0.6 is 0 Å². The van der Waals surface area contributed by atoms with Crippen LogP contribution in [-0.4, -0.2) is 28.1 Å². The van der Waals surface area contributed by atoms with E-state index in [-0.39, 0.29) is 17.9 Å². The molecule has 2 aromatic carbocycles. The van der Waals surface area contributed by atoms with Crippen LogP contribution < -0.4 is 10.1 Å². The summed E-state index contributed by atoms with van der Waals surface area (Å²) in [4.78, 5) is 15.3. The number of aromatic hydroxyl groups is 1. The smallest absolute Gasteiger partial charge is 0.404 e. The van der Waals surface area contributed by atoms with Gasteiger partial charge in [-0.15, -0.1) is 0 Å². The van der Waals surface area contributed by atoms with Crippen molar-refractivity contribution in [2.45, 2.75) is 32.4 Å². The summed E-state index contributed by atoms with van der Waals surface area (Å²) < 4.78 is 6.02.